The molecule has 1 rings (SSSR count). The fraction of sp³-hybridized carbons (Fsp3) is 0.500. The van der Waals surface area contributed by atoms with Crippen molar-refractivity contribution in [3.05, 3.63) is 24.3 Å². The van der Waals surface area contributed by atoms with Crippen molar-refractivity contribution in [2.45, 2.75) is 19.9 Å². The number of hydrogen-bond acceptors (Lipinski definition) is 3. The SMILES string of the molecule is CCCNCc1cncnc1. The van der Waals surface area contributed by atoms with E-state index < -0.39 is 0 Å². The molecule has 0 atom stereocenters. The molecule has 1 aromatic rings. The lowest BCUT2D eigenvalue weighted by Gasteiger charge is -2.00. The van der Waals surface area contributed by atoms with Gasteiger partial charge in [0.25, 0.3) is 0 Å². The van der Waals surface area contributed by atoms with E-state index in [1.807, 2.05) is 12.4 Å². The maximum atomic E-state index is 3.91. The van der Waals surface area contributed by atoms with E-state index in [9.17, 15) is 0 Å². The Morgan fingerprint density at radius 1 is 1.36 bits per heavy atom. The predicted molar refractivity (Wildman–Crippen MR) is 44.0 cm³/mol. The molecule has 60 valence electrons. The van der Waals surface area contributed by atoms with Crippen LogP contribution in [0.15, 0.2) is 18.7 Å². The minimum atomic E-state index is 0.870. The highest BCUT2D eigenvalue weighted by atomic mass is 14.9. The number of hydrogen-bond donors (Lipinski definition) is 1. The average molecular weight is 151 g/mol. The van der Waals surface area contributed by atoms with Crippen LogP contribution in [-0.2, 0) is 6.54 Å². The second kappa shape index (κ2) is 4.79. The summed E-state index contributed by atoms with van der Waals surface area (Å²) < 4.78 is 0. The minimum Gasteiger partial charge on any atom is -0.313 e. The van der Waals surface area contributed by atoms with Gasteiger partial charge in [0.1, 0.15) is 6.33 Å². The topological polar surface area (TPSA) is 37.8 Å². The van der Waals surface area contributed by atoms with Gasteiger partial charge in [-0.3, -0.25) is 0 Å². The molecule has 0 spiro atoms. The molecule has 0 saturated heterocycles. The van der Waals surface area contributed by atoms with Gasteiger partial charge in [0.2, 0.25) is 0 Å². The predicted octanol–water partition coefficient (Wildman–Crippen LogP) is 0.976. The lowest BCUT2D eigenvalue weighted by atomic mass is 10.3. The van der Waals surface area contributed by atoms with Crippen molar-refractivity contribution < 1.29 is 0 Å². The summed E-state index contributed by atoms with van der Waals surface area (Å²) in [5, 5.41) is 3.27. The summed E-state index contributed by atoms with van der Waals surface area (Å²) in [6, 6.07) is 0. The molecular weight excluding hydrogens is 138 g/mol. The van der Waals surface area contributed by atoms with E-state index in [0.717, 1.165) is 25.1 Å². The summed E-state index contributed by atoms with van der Waals surface area (Å²) in [7, 11) is 0. The molecule has 1 N–H and O–H groups in total. The monoisotopic (exact) mass is 151 g/mol. The fourth-order valence-electron chi connectivity index (χ4n) is 0.831. The zero-order chi connectivity index (χ0) is 7.94. The van der Waals surface area contributed by atoms with Gasteiger partial charge in [-0.25, -0.2) is 9.97 Å². The first kappa shape index (κ1) is 8.14. The van der Waals surface area contributed by atoms with Crippen LogP contribution in [0.5, 0.6) is 0 Å². The number of aromatic nitrogens is 2. The van der Waals surface area contributed by atoms with Crippen LogP contribution in [0.4, 0.5) is 0 Å². The third kappa shape index (κ3) is 3.09. The first-order chi connectivity index (χ1) is 5.43. The molecular formula is C8H13N3. The van der Waals surface area contributed by atoms with Crippen LogP contribution in [0.1, 0.15) is 18.9 Å². The average Bonchev–Trinajstić information content (AvgIpc) is 2.07. The van der Waals surface area contributed by atoms with E-state index in [-0.39, 0.29) is 0 Å². The van der Waals surface area contributed by atoms with Crippen LogP contribution >= 0.6 is 0 Å². The van der Waals surface area contributed by atoms with Crippen LogP contribution < -0.4 is 5.32 Å². The third-order valence-corrected chi connectivity index (χ3v) is 1.37. The van der Waals surface area contributed by atoms with Crippen molar-refractivity contribution in [3.8, 4) is 0 Å². The number of nitrogens with one attached hydrogen (secondary N) is 1. The Kier molecular flexibility index (Phi) is 3.55. The zero-order valence-electron chi connectivity index (χ0n) is 6.75. The van der Waals surface area contributed by atoms with Gasteiger partial charge < -0.3 is 5.32 Å². The molecule has 0 aliphatic carbocycles. The van der Waals surface area contributed by atoms with Gasteiger partial charge in [-0.1, -0.05) is 6.92 Å². The minimum absolute atomic E-state index is 0.870. The van der Waals surface area contributed by atoms with Gasteiger partial charge in [0.15, 0.2) is 0 Å². The molecule has 3 nitrogen and oxygen atoms in total. The summed E-state index contributed by atoms with van der Waals surface area (Å²) in [6.07, 6.45) is 6.36. The smallest absolute Gasteiger partial charge is 0.115 e. The zero-order valence-corrected chi connectivity index (χ0v) is 6.75. The van der Waals surface area contributed by atoms with Crippen molar-refractivity contribution in [1.29, 1.82) is 0 Å². The standard InChI is InChI=1S/C8H13N3/c1-2-3-9-4-8-5-10-7-11-6-8/h5-7,9H,2-4H2,1H3. The van der Waals surface area contributed by atoms with Gasteiger partial charge in [-0.15, -0.1) is 0 Å². The van der Waals surface area contributed by atoms with E-state index >= 15 is 0 Å². The van der Waals surface area contributed by atoms with Crippen LogP contribution in [0, 0.1) is 0 Å². The summed E-state index contributed by atoms with van der Waals surface area (Å²) in [4.78, 5) is 7.82. The van der Waals surface area contributed by atoms with E-state index in [0.29, 0.717) is 0 Å². The van der Waals surface area contributed by atoms with Crippen LogP contribution in [0.2, 0.25) is 0 Å². The Morgan fingerprint density at radius 2 is 2.09 bits per heavy atom. The van der Waals surface area contributed by atoms with Crippen molar-refractivity contribution >= 4 is 0 Å². The molecule has 1 heterocycles. The largest absolute Gasteiger partial charge is 0.313 e. The highest BCUT2D eigenvalue weighted by Gasteiger charge is 1.89. The third-order valence-electron chi connectivity index (χ3n) is 1.37. The molecule has 0 saturated carbocycles. The van der Waals surface area contributed by atoms with E-state index in [2.05, 4.69) is 22.2 Å². The molecule has 3 heteroatoms. The lowest BCUT2D eigenvalue weighted by Crippen LogP contribution is -2.13. The summed E-state index contributed by atoms with van der Waals surface area (Å²) in [6.45, 7) is 4.07. The van der Waals surface area contributed by atoms with Crippen LogP contribution in [0.3, 0.4) is 0 Å². The summed E-state index contributed by atoms with van der Waals surface area (Å²) >= 11 is 0. The van der Waals surface area contributed by atoms with Crippen LogP contribution in [-0.4, -0.2) is 16.5 Å². The normalized spacial score (nSPS) is 9.91. The maximum Gasteiger partial charge on any atom is 0.115 e. The Balaban J connectivity index is 2.28. The molecule has 0 fully saturated rings. The summed E-state index contributed by atoms with van der Waals surface area (Å²) in [5.74, 6) is 0. The van der Waals surface area contributed by atoms with Gasteiger partial charge in [-0.05, 0) is 13.0 Å². The molecule has 0 aromatic carbocycles. The van der Waals surface area contributed by atoms with Crippen molar-refractivity contribution in [3.63, 3.8) is 0 Å². The highest BCUT2D eigenvalue weighted by molar-refractivity contribution is 5.01. The summed E-state index contributed by atoms with van der Waals surface area (Å²) in [5.41, 5.74) is 1.14. The first-order valence-electron chi connectivity index (χ1n) is 3.88. The molecule has 0 bridgehead atoms. The molecule has 0 aliphatic rings. The van der Waals surface area contributed by atoms with Gasteiger partial charge in [-0.2, -0.15) is 0 Å². The van der Waals surface area contributed by atoms with Gasteiger partial charge in [0, 0.05) is 24.5 Å². The van der Waals surface area contributed by atoms with Gasteiger partial charge in [0.05, 0.1) is 0 Å². The van der Waals surface area contributed by atoms with E-state index in [4.69, 9.17) is 0 Å². The Bertz CT molecular complexity index is 186. The van der Waals surface area contributed by atoms with Crippen molar-refractivity contribution in [2.24, 2.45) is 0 Å². The molecule has 0 unspecified atom stereocenters. The first-order valence-corrected chi connectivity index (χ1v) is 3.88. The van der Waals surface area contributed by atoms with Gasteiger partial charge >= 0.3 is 0 Å². The van der Waals surface area contributed by atoms with Crippen molar-refractivity contribution in [1.82, 2.24) is 15.3 Å². The fourth-order valence-corrected chi connectivity index (χ4v) is 0.831. The Hall–Kier alpha value is -0.960. The maximum absolute atomic E-state index is 3.91. The number of nitrogens with zero attached hydrogens (tertiary/aromatic N) is 2. The van der Waals surface area contributed by atoms with E-state index in [1.165, 1.54) is 0 Å². The second-order valence-electron chi connectivity index (χ2n) is 2.42. The molecule has 1 aromatic heterocycles. The second-order valence-corrected chi connectivity index (χ2v) is 2.42. The quantitative estimate of drug-likeness (QED) is 0.652. The lowest BCUT2D eigenvalue weighted by molar-refractivity contribution is 0.672. The Labute approximate surface area is 66.9 Å². The van der Waals surface area contributed by atoms with Crippen LogP contribution in [0.25, 0.3) is 0 Å². The highest BCUT2D eigenvalue weighted by Crippen LogP contribution is 1.90. The number of rotatable bonds is 4. The molecule has 0 amide bonds. The van der Waals surface area contributed by atoms with Crippen molar-refractivity contribution in [2.75, 3.05) is 6.54 Å². The molecule has 0 radical (unpaired) electrons. The van der Waals surface area contributed by atoms with E-state index in [1.54, 1.807) is 6.33 Å². The molecule has 11 heavy (non-hydrogen) atoms. The Morgan fingerprint density at radius 3 is 2.73 bits per heavy atom. The molecule has 0 aliphatic heterocycles.